The highest BCUT2D eigenvalue weighted by Crippen LogP contribution is 2.18. The summed E-state index contributed by atoms with van der Waals surface area (Å²) in [6.45, 7) is 0. The Bertz CT molecular complexity index is 481. The van der Waals surface area contributed by atoms with Crippen LogP contribution in [0.3, 0.4) is 0 Å². The summed E-state index contributed by atoms with van der Waals surface area (Å²) in [4.78, 5) is 11.8. The zero-order valence-electron chi connectivity index (χ0n) is 8.12. The molecule has 1 aromatic heterocycles. The maximum atomic E-state index is 10.7. The van der Waals surface area contributed by atoms with E-state index in [0.717, 1.165) is 16.9 Å². The first kappa shape index (κ1) is 9.92. The number of nitrogens with zero attached hydrogens (tertiary/aromatic N) is 3. The Labute approximate surface area is 91.3 Å². The van der Waals surface area contributed by atoms with Gasteiger partial charge in [-0.2, -0.15) is 0 Å². The summed E-state index contributed by atoms with van der Waals surface area (Å²) in [5, 5.41) is 7.56. The molecule has 0 aliphatic rings. The normalized spacial score (nSPS) is 10.2. The molecule has 0 fully saturated rings. The van der Waals surface area contributed by atoms with Crippen molar-refractivity contribution in [2.24, 2.45) is 0 Å². The topological polar surface area (TPSA) is 47.8 Å². The van der Waals surface area contributed by atoms with E-state index in [0.29, 0.717) is 5.69 Å². The lowest BCUT2D eigenvalue weighted by Crippen LogP contribution is -2.01. The van der Waals surface area contributed by atoms with Crippen LogP contribution >= 0.6 is 11.8 Å². The first-order chi connectivity index (χ1) is 7.35. The molecule has 2 aromatic rings. The number of thioether (sulfide) groups is 1. The van der Waals surface area contributed by atoms with Gasteiger partial charge in [-0.1, -0.05) is 11.3 Å². The molecule has 0 saturated heterocycles. The third-order valence-corrected chi connectivity index (χ3v) is 2.72. The van der Waals surface area contributed by atoms with Crippen LogP contribution < -0.4 is 0 Å². The Morgan fingerprint density at radius 1 is 1.47 bits per heavy atom. The minimum atomic E-state index is 0.452. The molecule has 0 saturated carbocycles. The molecule has 0 bridgehead atoms. The van der Waals surface area contributed by atoms with Gasteiger partial charge in [0.1, 0.15) is 5.69 Å². The van der Waals surface area contributed by atoms with Gasteiger partial charge in [-0.3, -0.25) is 4.79 Å². The number of rotatable bonds is 3. The van der Waals surface area contributed by atoms with Crippen molar-refractivity contribution in [3.63, 3.8) is 0 Å². The van der Waals surface area contributed by atoms with Crippen molar-refractivity contribution in [1.29, 1.82) is 0 Å². The molecular weight excluding hydrogens is 210 g/mol. The summed E-state index contributed by atoms with van der Waals surface area (Å²) in [5.41, 5.74) is 1.30. The minimum Gasteiger partial charge on any atom is -0.296 e. The Kier molecular flexibility index (Phi) is 2.82. The van der Waals surface area contributed by atoms with Crippen LogP contribution in [0.15, 0.2) is 35.4 Å². The molecule has 0 unspecified atom stereocenters. The van der Waals surface area contributed by atoms with Crippen LogP contribution in [0, 0.1) is 0 Å². The minimum absolute atomic E-state index is 0.452. The fourth-order valence-corrected chi connectivity index (χ4v) is 1.72. The smallest absolute Gasteiger partial charge is 0.170 e. The summed E-state index contributed by atoms with van der Waals surface area (Å²) in [5.74, 6) is 0. The van der Waals surface area contributed by atoms with Crippen LogP contribution in [-0.2, 0) is 0 Å². The van der Waals surface area contributed by atoms with E-state index in [1.807, 2.05) is 30.5 Å². The molecule has 0 atom stereocenters. The highest BCUT2D eigenvalue weighted by molar-refractivity contribution is 7.98. The first-order valence-corrected chi connectivity index (χ1v) is 5.58. The van der Waals surface area contributed by atoms with Crippen LogP contribution in [0.25, 0.3) is 5.69 Å². The lowest BCUT2D eigenvalue weighted by Gasteiger charge is -2.03. The van der Waals surface area contributed by atoms with Crippen LogP contribution in [0.4, 0.5) is 0 Å². The molecule has 15 heavy (non-hydrogen) atoms. The number of carbonyl (C=O) groups is 1. The average molecular weight is 219 g/mol. The Hall–Kier alpha value is -1.62. The zero-order chi connectivity index (χ0) is 10.7. The molecule has 5 heteroatoms. The molecule has 1 heterocycles. The molecule has 0 aliphatic carbocycles. The van der Waals surface area contributed by atoms with Gasteiger partial charge in [0.25, 0.3) is 0 Å². The number of carbonyl (C=O) groups excluding carboxylic acids is 1. The van der Waals surface area contributed by atoms with Crippen molar-refractivity contribution in [1.82, 2.24) is 15.0 Å². The highest BCUT2D eigenvalue weighted by Gasteiger charge is 2.04. The van der Waals surface area contributed by atoms with Crippen molar-refractivity contribution < 1.29 is 4.79 Å². The van der Waals surface area contributed by atoms with E-state index < -0.39 is 0 Å². The van der Waals surface area contributed by atoms with E-state index in [9.17, 15) is 4.79 Å². The van der Waals surface area contributed by atoms with E-state index in [1.54, 1.807) is 11.8 Å². The van der Waals surface area contributed by atoms with Crippen molar-refractivity contribution in [2.75, 3.05) is 6.26 Å². The quantitative estimate of drug-likeness (QED) is 0.583. The Morgan fingerprint density at radius 3 is 3.07 bits per heavy atom. The number of hydrogen-bond acceptors (Lipinski definition) is 4. The molecular formula is C10H9N3OS. The highest BCUT2D eigenvalue weighted by atomic mass is 32.2. The van der Waals surface area contributed by atoms with Crippen molar-refractivity contribution >= 4 is 18.0 Å². The van der Waals surface area contributed by atoms with Gasteiger partial charge in [-0.25, -0.2) is 4.68 Å². The van der Waals surface area contributed by atoms with E-state index in [-0.39, 0.29) is 0 Å². The molecule has 0 aliphatic heterocycles. The molecule has 2 rings (SSSR count). The monoisotopic (exact) mass is 219 g/mol. The summed E-state index contributed by atoms with van der Waals surface area (Å²) >= 11 is 1.64. The molecule has 1 aromatic carbocycles. The second-order valence-electron chi connectivity index (χ2n) is 2.89. The summed E-state index contributed by atoms with van der Waals surface area (Å²) < 4.78 is 1.52. The Morgan fingerprint density at radius 2 is 2.33 bits per heavy atom. The second kappa shape index (κ2) is 4.27. The fourth-order valence-electron chi connectivity index (χ4n) is 1.27. The largest absolute Gasteiger partial charge is 0.296 e. The molecule has 4 nitrogen and oxygen atoms in total. The van der Waals surface area contributed by atoms with Gasteiger partial charge >= 0.3 is 0 Å². The molecule has 76 valence electrons. The number of aldehydes is 1. The molecule has 0 amide bonds. The van der Waals surface area contributed by atoms with Crippen LogP contribution in [-0.4, -0.2) is 27.5 Å². The summed E-state index contributed by atoms with van der Waals surface area (Å²) in [7, 11) is 0. The maximum Gasteiger partial charge on any atom is 0.170 e. The first-order valence-electron chi connectivity index (χ1n) is 4.35. The van der Waals surface area contributed by atoms with Crippen LogP contribution in [0.1, 0.15) is 10.5 Å². The third-order valence-electron chi connectivity index (χ3n) is 1.99. The standard InChI is InChI=1S/C10H9N3OS/c1-15-10-4-2-3-8(5-10)13-9(7-14)6-11-12-13/h2-7H,1H3. The van der Waals surface area contributed by atoms with Crippen LogP contribution in [0.2, 0.25) is 0 Å². The second-order valence-corrected chi connectivity index (χ2v) is 3.77. The average Bonchev–Trinajstić information content (AvgIpc) is 2.77. The molecule has 0 N–H and O–H groups in total. The fraction of sp³-hybridized carbons (Fsp3) is 0.100. The van der Waals surface area contributed by atoms with Gasteiger partial charge in [0.15, 0.2) is 6.29 Å². The molecule has 0 spiro atoms. The lowest BCUT2D eigenvalue weighted by atomic mass is 10.3. The van der Waals surface area contributed by atoms with Gasteiger partial charge in [0, 0.05) is 4.90 Å². The number of benzene rings is 1. The van der Waals surface area contributed by atoms with E-state index in [4.69, 9.17) is 0 Å². The van der Waals surface area contributed by atoms with E-state index in [2.05, 4.69) is 10.3 Å². The summed E-state index contributed by atoms with van der Waals surface area (Å²) in [6, 6.07) is 7.79. The van der Waals surface area contributed by atoms with Gasteiger partial charge in [0.2, 0.25) is 0 Å². The SMILES string of the molecule is CSc1cccc(-n2nncc2C=O)c1. The van der Waals surface area contributed by atoms with Crippen molar-refractivity contribution in [2.45, 2.75) is 4.90 Å². The van der Waals surface area contributed by atoms with Gasteiger partial charge < -0.3 is 0 Å². The van der Waals surface area contributed by atoms with Crippen molar-refractivity contribution in [3.05, 3.63) is 36.2 Å². The summed E-state index contributed by atoms with van der Waals surface area (Å²) in [6.07, 6.45) is 4.19. The number of hydrogen-bond donors (Lipinski definition) is 0. The van der Waals surface area contributed by atoms with E-state index in [1.165, 1.54) is 10.9 Å². The van der Waals surface area contributed by atoms with E-state index >= 15 is 0 Å². The maximum absolute atomic E-state index is 10.7. The number of aromatic nitrogens is 3. The predicted octanol–water partition coefficient (Wildman–Crippen LogP) is 1.80. The predicted molar refractivity (Wildman–Crippen MR) is 58.5 cm³/mol. The zero-order valence-corrected chi connectivity index (χ0v) is 8.94. The Balaban J connectivity index is 2.48. The van der Waals surface area contributed by atoms with Crippen molar-refractivity contribution in [3.8, 4) is 5.69 Å². The van der Waals surface area contributed by atoms with Gasteiger partial charge in [-0.05, 0) is 24.5 Å². The third kappa shape index (κ3) is 1.92. The van der Waals surface area contributed by atoms with Gasteiger partial charge in [0.05, 0.1) is 11.9 Å². The molecule has 0 radical (unpaired) electrons. The van der Waals surface area contributed by atoms with Crippen LogP contribution in [0.5, 0.6) is 0 Å². The van der Waals surface area contributed by atoms with Gasteiger partial charge in [-0.15, -0.1) is 16.9 Å². The lowest BCUT2D eigenvalue weighted by molar-refractivity contribution is 0.111.